The van der Waals surface area contributed by atoms with Crippen LogP contribution in [-0.4, -0.2) is 23.0 Å². The van der Waals surface area contributed by atoms with Crippen LogP contribution in [0.3, 0.4) is 0 Å². The minimum absolute atomic E-state index is 0.00225. The zero-order chi connectivity index (χ0) is 19.2. The maximum Gasteiger partial charge on any atom is 0.240 e. The van der Waals surface area contributed by atoms with Crippen LogP contribution in [0.4, 0.5) is 5.69 Å². The molecule has 2 amide bonds. The van der Waals surface area contributed by atoms with Gasteiger partial charge in [-0.25, -0.2) is 5.43 Å². The fourth-order valence-corrected chi connectivity index (χ4v) is 2.92. The van der Waals surface area contributed by atoms with Crippen molar-refractivity contribution in [3.05, 3.63) is 64.3 Å². The lowest BCUT2D eigenvalue weighted by atomic mass is 10.2. The van der Waals surface area contributed by atoms with Crippen molar-refractivity contribution in [1.82, 2.24) is 10.4 Å². The molecule has 1 heterocycles. The Bertz CT molecular complexity index is 1010. The standard InChI is InChI=1S/C19H16Cl2N4O2/c20-13-5-6-17(15(21)9-13)24-18(26)7-8-19(27)25-23-11-12-10-22-16-4-2-1-3-14(12)16/h1-6,9-11,22H,7-8H2,(H,24,26)(H,25,27). The van der Waals surface area contributed by atoms with Crippen molar-refractivity contribution in [2.24, 2.45) is 5.10 Å². The molecule has 1 aromatic heterocycles. The van der Waals surface area contributed by atoms with Crippen LogP contribution in [0, 0.1) is 0 Å². The average Bonchev–Trinajstić information content (AvgIpc) is 3.06. The molecule has 0 saturated heterocycles. The minimum atomic E-state index is -0.358. The highest BCUT2D eigenvalue weighted by molar-refractivity contribution is 6.36. The number of hydrogen-bond donors (Lipinski definition) is 3. The summed E-state index contributed by atoms with van der Waals surface area (Å²) in [6.45, 7) is 0. The molecule has 3 rings (SSSR count). The first-order valence-corrected chi connectivity index (χ1v) is 8.91. The van der Waals surface area contributed by atoms with Gasteiger partial charge in [0.2, 0.25) is 11.8 Å². The Morgan fingerprint density at radius 3 is 2.67 bits per heavy atom. The number of H-pyrrole nitrogens is 1. The summed E-state index contributed by atoms with van der Waals surface area (Å²) in [7, 11) is 0. The normalized spacial score (nSPS) is 11.0. The van der Waals surface area contributed by atoms with E-state index in [1.54, 1.807) is 18.3 Å². The molecule has 3 N–H and O–H groups in total. The van der Waals surface area contributed by atoms with Crippen LogP contribution < -0.4 is 10.7 Å². The molecule has 0 radical (unpaired) electrons. The first-order valence-electron chi connectivity index (χ1n) is 8.16. The third kappa shape index (κ3) is 5.09. The van der Waals surface area contributed by atoms with Crippen LogP contribution in [0.25, 0.3) is 10.9 Å². The van der Waals surface area contributed by atoms with E-state index in [4.69, 9.17) is 23.2 Å². The van der Waals surface area contributed by atoms with E-state index in [9.17, 15) is 9.59 Å². The molecule has 6 nitrogen and oxygen atoms in total. The molecule has 27 heavy (non-hydrogen) atoms. The molecule has 138 valence electrons. The maximum atomic E-state index is 11.9. The molecule has 8 heteroatoms. The number of nitrogens with one attached hydrogen (secondary N) is 3. The molecule has 0 unspecified atom stereocenters. The summed E-state index contributed by atoms with van der Waals surface area (Å²) in [4.78, 5) is 26.9. The summed E-state index contributed by atoms with van der Waals surface area (Å²) >= 11 is 11.8. The quantitative estimate of drug-likeness (QED) is 0.422. The molecular weight excluding hydrogens is 387 g/mol. The maximum absolute atomic E-state index is 11.9. The zero-order valence-corrected chi connectivity index (χ0v) is 15.6. The zero-order valence-electron chi connectivity index (χ0n) is 14.1. The number of hydrogen-bond acceptors (Lipinski definition) is 3. The monoisotopic (exact) mass is 402 g/mol. The number of carbonyl (C=O) groups excluding carboxylic acids is 2. The number of anilines is 1. The third-order valence-electron chi connectivity index (χ3n) is 3.80. The van der Waals surface area contributed by atoms with Crippen molar-refractivity contribution in [1.29, 1.82) is 0 Å². The average molecular weight is 403 g/mol. The van der Waals surface area contributed by atoms with Gasteiger partial charge < -0.3 is 10.3 Å². The summed E-state index contributed by atoms with van der Waals surface area (Å²) in [5, 5.41) is 8.40. The van der Waals surface area contributed by atoms with E-state index < -0.39 is 0 Å². The van der Waals surface area contributed by atoms with Gasteiger partial charge in [0.1, 0.15) is 0 Å². The lowest BCUT2D eigenvalue weighted by Gasteiger charge is -2.07. The molecule has 2 aromatic carbocycles. The largest absolute Gasteiger partial charge is 0.361 e. The van der Waals surface area contributed by atoms with Crippen LogP contribution in [0.1, 0.15) is 18.4 Å². The molecule has 0 aliphatic carbocycles. The summed E-state index contributed by atoms with van der Waals surface area (Å²) in [5.74, 6) is -0.682. The van der Waals surface area contributed by atoms with Crippen LogP contribution in [0.2, 0.25) is 10.0 Å². The van der Waals surface area contributed by atoms with Gasteiger partial charge in [-0.15, -0.1) is 0 Å². The fraction of sp³-hybridized carbons (Fsp3) is 0.105. The predicted molar refractivity (Wildman–Crippen MR) is 108 cm³/mol. The molecular formula is C19H16Cl2N4O2. The van der Waals surface area contributed by atoms with E-state index in [2.05, 4.69) is 20.8 Å². The smallest absolute Gasteiger partial charge is 0.240 e. The Balaban J connectivity index is 1.47. The van der Waals surface area contributed by atoms with Gasteiger partial charge in [-0.05, 0) is 24.3 Å². The summed E-state index contributed by atoms with van der Waals surface area (Å²) in [6, 6.07) is 12.5. The van der Waals surface area contributed by atoms with E-state index in [0.717, 1.165) is 16.5 Å². The number of aromatic amines is 1. The second-order valence-electron chi connectivity index (χ2n) is 5.76. The number of para-hydroxylation sites is 1. The Kier molecular flexibility index (Phi) is 6.11. The van der Waals surface area contributed by atoms with E-state index in [1.165, 1.54) is 6.07 Å². The summed E-state index contributed by atoms with van der Waals surface area (Å²) in [5.41, 5.74) is 4.72. The number of amides is 2. The lowest BCUT2D eigenvalue weighted by Crippen LogP contribution is -2.20. The first-order chi connectivity index (χ1) is 13.0. The Morgan fingerprint density at radius 1 is 1.07 bits per heavy atom. The Hall–Kier alpha value is -2.83. The van der Waals surface area contributed by atoms with Gasteiger partial charge in [-0.3, -0.25) is 9.59 Å². The van der Waals surface area contributed by atoms with Gasteiger partial charge in [-0.1, -0.05) is 41.4 Å². The molecule has 3 aromatic rings. The molecule has 0 fully saturated rings. The summed E-state index contributed by atoms with van der Waals surface area (Å²) < 4.78 is 0. The second-order valence-corrected chi connectivity index (χ2v) is 6.60. The number of rotatable bonds is 6. The van der Waals surface area contributed by atoms with Crippen molar-refractivity contribution in [2.75, 3.05) is 5.32 Å². The number of carbonyl (C=O) groups is 2. The summed E-state index contributed by atoms with van der Waals surface area (Å²) in [6.07, 6.45) is 3.38. The van der Waals surface area contributed by atoms with Crippen molar-refractivity contribution in [2.45, 2.75) is 12.8 Å². The fourth-order valence-electron chi connectivity index (χ4n) is 2.46. The van der Waals surface area contributed by atoms with Crippen LogP contribution in [-0.2, 0) is 9.59 Å². The van der Waals surface area contributed by atoms with Gasteiger partial charge in [0, 0.05) is 40.5 Å². The number of halogens is 2. The highest BCUT2D eigenvalue weighted by Crippen LogP contribution is 2.25. The number of nitrogens with zero attached hydrogens (tertiary/aromatic N) is 1. The predicted octanol–water partition coefficient (Wildman–Crippen LogP) is 4.34. The molecule has 0 spiro atoms. The second kappa shape index (κ2) is 8.70. The van der Waals surface area contributed by atoms with E-state index in [0.29, 0.717) is 15.7 Å². The third-order valence-corrected chi connectivity index (χ3v) is 4.35. The number of aromatic nitrogens is 1. The van der Waals surface area contributed by atoms with Gasteiger partial charge in [0.25, 0.3) is 0 Å². The molecule has 0 bridgehead atoms. The number of benzene rings is 2. The minimum Gasteiger partial charge on any atom is -0.361 e. The van der Waals surface area contributed by atoms with Crippen LogP contribution in [0.5, 0.6) is 0 Å². The van der Waals surface area contributed by atoms with E-state index in [-0.39, 0.29) is 24.7 Å². The lowest BCUT2D eigenvalue weighted by molar-refractivity contribution is -0.124. The van der Waals surface area contributed by atoms with Crippen molar-refractivity contribution < 1.29 is 9.59 Å². The van der Waals surface area contributed by atoms with Crippen molar-refractivity contribution in [3.8, 4) is 0 Å². The molecule has 0 atom stereocenters. The number of hydrazone groups is 1. The van der Waals surface area contributed by atoms with Crippen molar-refractivity contribution >= 4 is 57.8 Å². The van der Waals surface area contributed by atoms with Gasteiger partial charge in [-0.2, -0.15) is 5.10 Å². The Morgan fingerprint density at radius 2 is 1.85 bits per heavy atom. The van der Waals surface area contributed by atoms with Crippen LogP contribution >= 0.6 is 23.2 Å². The molecule has 0 aliphatic rings. The highest BCUT2D eigenvalue weighted by atomic mass is 35.5. The Labute approximate surface area is 165 Å². The van der Waals surface area contributed by atoms with E-state index in [1.807, 2.05) is 30.5 Å². The van der Waals surface area contributed by atoms with Gasteiger partial charge in [0.15, 0.2) is 0 Å². The van der Waals surface area contributed by atoms with Gasteiger partial charge in [0.05, 0.1) is 16.9 Å². The first kappa shape index (κ1) is 18.9. The van der Waals surface area contributed by atoms with Crippen molar-refractivity contribution in [3.63, 3.8) is 0 Å². The number of fused-ring (bicyclic) bond motifs is 1. The molecule has 0 aliphatic heterocycles. The molecule has 0 saturated carbocycles. The van der Waals surface area contributed by atoms with Gasteiger partial charge >= 0.3 is 0 Å². The van der Waals surface area contributed by atoms with Crippen LogP contribution in [0.15, 0.2) is 53.8 Å². The SMILES string of the molecule is O=C(CCC(=O)Nc1ccc(Cl)cc1Cl)NN=Cc1c[nH]c2ccccc12. The van der Waals surface area contributed by atoms with E-state index >= 15 is 0 Å². The topological polar surface area (TPSA) is 86.3 Å². The highest BCUT2D eigenvalue weighted by Gasteiger charge is 2.09.